The van der Waals surface area contributed by atoms with Crippen LogP contribution < -0.4 is 11.1 Å². The Morgan fingerprint density at radius 2 is 2.00 bits per heavy atom. The number of benzene rings is 1. The Hall–Kier alpha value is -1.81. The number of rotatable bonds is 3. The summed E-state index contributed by atoms with van der Waals surface area (Å²) in [7, 11) is 0. The summed E-state index contributed by atoms with van der Waals surface area (Å²) in [5, 5.41) is 3.47. The summed E-state index contributed by atoms with van der Waals surface area (Å²) < 4.78 is 5.21. The highest BCUT2D eigenvalue weighted by Gasteiger charge is 2.25. The van der Waals surface area contributed by atoms with Crippen LogP contribution in [0.15, 0.2) is 34.9 Å². The van der Waals surface area contributed by atoms with Crippen molar-refractivity contribution in [2.75, 3.05) is 5.32 Å². The summed E-state index contributed by atoms with van der Waals surface area (Å²) >= 11 is 0. The van der Waals surface area contributed by atoms with Crippen LogP contribution in [0.3, 0.4) is 0 Å². The number of nitrogens with two attached hydrogens (primary N) is 1. The van der Waals surface area contributed by atoms with Gasteiger partial charge >= 0.3 is 0 Å². The van der Waals surface area contributed by atoms with Crippen LogP contribution >= 0.6 is 0 Å². The summed E-state index contributed by atoms with van der Waals surface area (Å²) in [6.07, 6.45) is 3.80. The molecule has 0 atom stereocenters. The molecule has 1 aromatic carbocycles. The topological polar surface area (TPSA) is 64.1 Å². The number of hydrogen-bond acceptors (Lipinski definition) is 4. The molecule has 18 heavy (non-hydrogen) atoms. The molecule has 3 rings (SSSR count). The minimum absolute atomic E-state index is 0.375. The number of nitrogens with one attached hydrogen (secondary N) is 1. The van der Waals surface area contributed by atoms with E-state index in [1.165, 1.54) is 0 Å². The van der Waals surface area contributed by atoms with E-state index in [4.69, 9.17) is 10.2 Å². The van der Waals surface area contributed by atoms with Crippen molar-refractivity contribution in [1.29, 1.82) is 0 Å². The fourth-order valence-electron chi connectivity index (χ4n) is 2.25. The average molecular weight is 243 g/mol. The van der Waals surface area contributed by atoms with Gasteiger partial charge in [-0.1, -0.05) is 12.1 Å². The van der Waals surface area contributed by atoms with E-state index in [1.807, 2.05) is 6.92 Å². The van der Waals surface area contributed by atoms with Crippen molar-refractivity contribution in [1.82, 2.24) is 4.98 Å². The predicted molar refractivity (Wildman–Crippen MR) is 71.3 cm³/mol. The van der Waals surface area contributed by atoms with Gasteiger partial charge in [0.1, 0.15) is 12.0 Å². The smallest absolute Gasteiger partial charge is 0.191 e. The largest absolute Gasteiger partial charge is 0.449 e. The zero-order valence-electron chi connectivity index (χ0n) is 10.4. The van der Waals surface area contributed by atoms with Crippen molar-refractivity contribution in [2.45, 2.75) is 31.8 Å². The minimum Gasteiger partial charge on any atom is -0.449 e. The van der Waals surface area contributed by atoms with Crippen molar-refractivity contribution in [3.63, 3.8) is 0 Å². The first-order valence-corrected chi connectivity index (χ1v) is 6.25. The van der Waals surface area contributed by atoms with Gasteiger partial charge in [0, 0.05) is 30.3 Å². The maximum absolute atomic E-state index is 5.77. The van der Waals surface area contributed by atoms with Crippen LogP contribution in [0.5, 0.6) is 0 Å². The van der Waals surface area contributed by atoms with Crippen molar-refractivity contribution < 1.29 is 4.42 Å². The molecule has 0 spiro atoms. The van der Waals surface area contributed by atoms with Crippen LogP contribution in [0.2, 0.25) is 0 Å². The van der Waals surface area contributed by atoms with Gasteiger partial charge in [0.2, 0.25) is 0 Å². The summed E-state index contributed by atoms with van der Waals surface area (Å²) in [5.41, 5.74) is 8.85. The molecular formula is C14H17N3O. The second-order valence-corrected chi connectivity index (χ2v) is 4.90. The Labute approximate surface area is 106 Å². The molecule has 1 aliphatic rings. The highest BCUT2D eigenvalue weighted by molar-refractivity contribution is 5.62. The Bertz CT molecular complexity index is 526. The van der Waals surface area contributed by atoms with Crippen LogP contribution in [0.1, 0.15) is 18.7 Å². The second-order valence-electron chi connectivity index (χ2n) is 4.90. The van der Waals surface area contributed by atoms with Gasteiger partial charge in [0.05, 0.1) is 0 Å². The number of hydrogen-bond donors (Lipinski definition) is 2. The Kier molecular flexibility index (Phi) is 2.80. The lowest BCUT2D eigenvalue weighted by Gasteiger charge is -2.33. The molecule has 94 valence electrons. The number of nitrogens with zero attached hydrogens (tertiary/aromatic N) is 1. The third-order valence-corrected chi connectivity index (χ3v) is 3.35. The third kappa shape index (κ3) is 2.24. The predicted octanol–water partition coefficient (Wildman–Crippen LogP) is 2.55. The van der Waals surface area contributed by atoms with E-state index in [0.717, 1.165) is 29.8 Å². The van der Waals surface area contributed by atoms with E-state index in [9.17, 15) is 0 Å². The van der Waals surface area contributed by atoms with Gasteiger partial charge < -0.3 is 15.5 Å². The van der Waals surface area contributed by atoms with E-state index in [2.05, 4.69) is 34.6 Å². The van der Waals surface area contributed by atoms with Gasteiger partial charge in [-0.25, -0.2) is 4.98 Å². The summed E-state index contributed by atoms with van der Waals surface area (Å²) in [5.74, 6) is 0.690. The highest BCUT2D eigenvalue weighted by Crippen LogP contribution is 2.25. The molecule has 3 N–H and O–H groups in total. The van der Waals surface area contributed by atoms with Gasteiger partial charge in [-0.15, -0.1) is 0 Å². The Morgan fingerprint density at radius 1 is 1.28 bits per heavy atom. The number of oxazole rings is 1. The maximum atomic E-state index is 5.77. The van der Waals surface area contributed by atoms with E-state index in [-0.39, 0.29) is 0 Å². The molecule has 4 nitrogen and oxygen atoms in total. The quantitative estimate of drug-likeness (QED) is 0.869. The SMILES string of the molecule is Cc1nc(-c2ccc(NC3CC(N)C3)cc2)co1. The molecule has 0 amide bonds. The van der Waals surface area contributed by atoms with Gasteiger partial charge in [-0.2, -0.15) is 0 Å². The van der Waals surface area contributed by atoms with Crippen molar-refractivity contribution in [3.8, 4) is 11.3 Å². The third-order valence-electron chi connectivity index (χ3n) is 3.35. The molecule has 1 aromatic heterocycles. The zero-order valence-corrected chi connectivity index (χ0v) is 10.4. The fourth-order valence-corrected chi connectivity index (χ4v) is 2.25. The fraction of sp³-hybridized carbons (Fsp3) is 0.357. The molecule has 0 saturated heterocycles. The lowest BCUT2D eigenvalue weighted by atomic mass is 9.87. The Balaban J connectivity index is 1.69. The zero-order chi connectivity index (χ0) is 12.5. The molecule has 1 aliphatic carbocycles. The number of aromatic nitrogens is 1. The Morgan fingerprint density at radius 3 is 2.56 bits per heavy atom. The molecule has 1 fully saturated rings. The normalized spacial score (nSPS) is 22.6. The molecule has 4 heteroatoms. The number of anilines is 1. The number of aryl methyl sites for hydroxylation is 1. The van der Waals surface area contributed by atoms with Gasteiger partial charge in [0.25, 0.3) is 0 Å². The summed E-state index contributed by atoms with van der Waals surface area (Å²) in [6.45, 7) is 1.85. The standard InChI is InChI=1S/C14H17N3O/c1-9-16-14(8-18-9)10-2-4-12(5-3-10)17-13-6-11(15)7-13/h2-5,8,11,13,17H,6-7,15H2,1H3. The van der Waals surface area contributed by atoms with Crippen LogP contribution in [-0.2, 0) is 0 Å². The molecular weight excluding hydrogens is 226 g/mol. The molecule has 1 heterocycles. The first-order chi connectivity index (χ1) is 8.70. The van der Waals surface area contributed by atoms with Crippen LogP contribution in [0.25, 0.3) is 11.3 Å². The van der Waals surface area contributed by atoms with Crippen molar-refractivity contribution in [2.24, 2.45) is 5.73 Å². The van der Waals surface area contributed by atoms with E-state index in [0.29, 0.717) is 18.0 Å². The molecule has 0 bridgehead atoms. The summed E-state index contributed by atoms with van der Waals surface area (Å²) in [4.78, 5) is 4.31. The maximum Gasteiger partial charge on any atom is 0.191 e. The molecule has 0 unspecified atom stereocenters. The minimum atomic E-state index is 0.375. The first-order valence-electron chi connectivity index (χ1n) is 6.25. The van der Waals surface area contributed by atoms with E-state index >= 15 is 0 Å². The van der Waals surface area contributed by atoms with Crippen LogP contribution in [0.4, 0.5) is 5.69 Å². The first kappa shape index (κ1) is 11.3. The average Bonchev–Trinajstić information content (AvgIpc) is 2.75. The van der Waals surface area contributed by atoms with Gasteiger partial charge in [0.15, 0.2) is 5.89 Å². The monoisotopic (exact) mass is 243 g/mol. The highest BCUT2D eigenvalue weighted by atomic mass is 16.3. The van der Waals surface area contributed by atoms with Crippen molar-refractivity contribution >= 4 is 5.69 Å². The molecule has 0 aliphatic heterocycles. The van der Waals surface area contributed by atoms with Crippen molar-refractivity contribution in [3.05, 3.63) is 36.4 Å². The van der Waals surface area contributed by atoms with Gasteiger partial charge in [-0.05, 0) is 25.0 Å². The van der Waals surface area contributed by atoms with E-state index < -0.39 is 0 Å². The molecule has 2 aromatic rings. The van der Waals surface area contributed by atoms with Gasteiger partial charge in [-0.3, -0.25) is 0 Å². The summed E-state index contributed by atoms with van der Waals surface area (Å²) in [6, 6.07) is 9.16. The lowest BCUT2D eigenvalue weighted by molar-refractivity contribution is 0.374. The van der Waals surface area contributed by atoms with E-state index in [1.54, 1.807) is 6.26 Å². The van der Waals surface area contributed by atoms with Crippen LogP contribution in [-0.4, -0.2) is 17.1 Å². The van der Waals surface area contributed by atoms with Crippen LogP contribution in [0, 0.1) is 6.92 Å². The molecule has 1 saturated carbocycles. The second kappa shape index (κ2) is 4.46. The molecule has 0 radical (unpaired) electrons. The lowest BCUT2D eigenvalue weighted by Crippen LogP contribution is -2.44.